The third-order valence-electron chi connectivity index (χ3n) is 6.88. The molecule has 0 radical (unpaired) electrons. The lowest BCUT2D eigenvalue weighted by Crippen LogP contribution is -2.51. The van der Waals surface area contributed by atoms with Crippen LogP contribution in [0.4, 0.5) is 22.0 Å². The second-order valence-corrected chi connectivity index (χ2v) is 11.0. The van der Waals surface area contributed by atoms with Gasteiger partial charge in [-0.3, -0.25) is 4.79 Å². The fourth-order valence-corrected chi connectivity index (χ4v) is 5.74. The lowest BCUT2D eigenvalue weighted by atomic mass is 9.91. The van der Waals surface area contributed by atoms with Crippen LogP contribution in [0.25, 0.3) is 11.1 Å². The van der Waals surface area contributed by atoms with Gasteiger partial charge in [0.25, 0.3) is 10.0 Å². The maximum Gasteiger partial charge on any atom is 0.350 e. The highest BCUT2D eigenvalue weighted by molar-refractivity contribution is 7.89. The molecular weight excluding hydrogens is 505 g/mol. The van der Waals surface area contributed by atoms with Gasteiger partial charge in [-0.15, -0.1) is 0 Å². The van der Waals surface area contributed by atoms with Gasteiger partial charge in [0.05, 0.1) is 12.1 Å². The Morgan fingerprint density at radius 1 is 1.19 bits per heavy atom. The Morgan fingerprint density at radius 2 is 1.83 bits per heavy atom. The summed E-state index contributed by atoms with van der Waals surface area (Å²) >= 11 is 0. The van der Waals surface area contributed by atoms with Crippen LogP contribution in [-0.4, -0.2) is 43.6 Å². The number of hydrogen-bond donors (Lipinski definition) is 1. The molecule has 192 valence electrons. The van der Waals surface area contributed by atoms with Gasteiger partial charge in [0.2, 0.25) is 5.91 Å². The molecule has 1 saturated carbocycles. The summed E-state index contributed by atoms with van der Waals surface area (Å²) in [4.78, 5) is 14.2. The number of carbonyl (C=O) groups excluding carboxylic acids is 1. The average Bonchev–Trinajstić information content (AvgIpc) is 3.53. The number of carbonyl (C=O) groups is 1. The van der Waals surface area contributed by atoms with Gasteiger partial charge in [-0.05, 0) is 49.4 Å². The molecule has 2 aromatic carbocycles. The summed E-state index contributed by atoms with van der Waals surface area (Å²) in [5.41, 5.74) is -1.02. The van der Waals surface area contributed by atoms with E-state index in [1.54, 1.807) is 0 Å². The first-order valence-electron chi connectivity index (χ1n) is 11.1. The van der Waals surface area contributed by atoms with E-state index in [1.807, 2.05) is 10.8 Å². The van der Waals surface area contributed by atoms with Gasteiger partial charge in [0.15, 0.2) is 0 Å². The number of nitriles is 1. The summed E-state index contributed by atoms with van der Waals surface area (Å²) < 4.78 is 95.6. The zero-order chi connectivity index (χ0) is 26.4. The van der Waals surface area contributed by atoms with Crippen LogP contribution in [0.2, 0.25) is 0 Å². The van der Waals surface area contributed by atoms with Gasteiger partial charge < -0.3 is 4.90 Å². The number of alkyl halides is 2. The standard InChI is InChI=1S/C24H22F5N3O3S/c1-13(11-30)22(33)32-12-24(5-6-24)21(31-36(34,35)23(28)29)19(32)9-14-3-2-4-18(20(14)27)15-7-16(25)10-17(26)8-15/h2-4,7-8,10,13,19,21,23,31H,5-6,9,12H2,1H3/t13?,19-,21+/m0/s1. The number of halogens is 5. The number of nitrogens with zero attached hydrogens (tertiary/aromatic N) is 2. The van der Waals surface area contributed by atoms with Crippen molar-refractivity contribution in [2.45, 2.75) is 44.0 Å². The summed E-state index contributed by atoms with van der Waals surface area (Å²) in [6.07, 6.45) is 0.630. The predicted octanol–water partition coefficient (Wildman–Crippen LogP) is 3.97. The average molecular weight is 528 g/mol. The van der Waals surface area contributed by atoms with E-state index in [-0.39, 0.29) is 29.7 Å². The third kappa shape index (κ3) is 4.82. The highest BCUT2D eigenvalue weighted by Crippen LogP contribution is 2.56. The predicted molar refractivity (Wildman–Crippen MR) is 119 cm³/mol. The molecule has 36 heavy (non-hydrogen) atoms. The van der Waals surface area contributed by atoms with Crippen molar-refractivity contribution in [1.29, 1.82) is 5.26 Å². The van der Waals surface area contributed by atoms with Crippen LogP contribution in [0.1, 0.15) is 25.3 Å². The largest absolute Gasteiger partial charge is 0.350 e. The van der Waals surface area contributed by atoms with Gasteiger partial charge in [0.1, 0.15) is 23.4 Å². The molecule has 1 unspecified atom stereocenters. The Balaban J connectivity index is 1.75. The number of nitrogens with one attached hydrogen (secondary N) is 1. The molecule has 1 aliphatic carbocycles. The topological polar surface area (TPSA) is 90.3 Å². The Bertz CT molecular complexity index is 1320. The summed E-state index contributed by atoms with van der Waals surface area (Å²) in [6.45, 7) is 1.38. The highest BCUT2D eigenvalue weighted by Gasteiger charge is 2.62. The second-order valence-electron chi connectivity index (χ2n) is 9.29. The number of sulfonamides is 1. The number of hydrogen-bond acceptors (Lipinski definition) is 4. The van der Waals surface area contributed by atoms with Gasteiger partial charge in [-0.2, -0.15) is 14.0 Å². The molecule has 0 aromatic heterocycles. The van der Waals surface area contributed by atoms with Crippen LogP contribution in [-0.2, 0) is 21.2 Å². The van der Waals surface area contributed by atoms with Crippen LogP contribution < -0.4 is 4.72 Å². The maximum absolute atomic E-state index is 15.6. The van der Waals surface area contributed by atoms with Crippen molar-refractivity contribution >= 4 is 15.9 Å². The van der Waals surface area contributed by atoms with E-state index in [0.717, 1.165) is 12.1 Å². The number of rotatable bonds is 7. The van der Waals surface area contributed by atoms with Crippen molar-refractivity contribution in [3.8, 4) is 17.2 Å². The van der Waals surface area contributed by atoms with E-state index in [4.69, 9.17) is 0 Å². The Morgan fingerprint density at radius 3 is 2.39 bits per heavy atom. The van der Waals surface area contributed by atoms with Crippen molar-refractivity contribution in [2.75, 3.05) is 6.54 Å². The molecule has 0 bridgehead atoms. The highest BCUT2D eigenvalue weighted by atomic mass is 32.2. The molecule has 12 heteroatoms. The number of amides is 1. The summed E-state index contributed by atoms with van der Waals surface area (Å²) in [5.74, 6) is -8.11. The molecule has 6 nitrogen and oxygen atoms in total. The van der Waals surface area contributed by atoms with Crippen molar-refractivity contribution in [1.82, 2.24) is 9.62 Å². The van der Waals surface area contributed by atoms with Crippen molar-refractivity contribution < 1.29 is 35.2 Å². The van der Waals surface area contributed by atoms with E-state index < -0.39 is 62.6 Å². The van der Waals surface area contributed by atoms with E-state index >= 15 is 4.39 Å². The Kier molecular flexibility index (Phi) is 6.83. The van der Waals surface area contributed by atoms with E-state index in [0.29, 0.717) is 18.9 Å². The minimum Gasteiger partial charge on any atom is -0.336 e. The fourth-order valence-electron chi connectivity index (χ4n) is 4.87. The second kappa shape index (κ2) is 9.44. The minimum atomic E-state index is -5.05. The first-order chi connectivity index (χ1) is 16.9. The first-order valence-corrected chi connectivity index (χ1v) is 12.7. The molecular formula is C24H22F5N3O3S. The molecule has 1 amide bonds. The van der Waals surface area contributed by atoms with Crippen LogP contribution >= 0.6 is 0 Å². The number of likely N-dealkylation sites (tertiary alicyclic amines) is 1. The SMILES string of the molecule is CC(C#N)C(=O)N1CC2(CC2)[C@H](NS(=O)(=O)C(F)F)[C@@H]1Cc1cccc(-c2cc(F)cc(F)c2)c1F. The quantitative estimate of drug-likeness (QED) is 0.552. The first kappa shape index (κ1) is 26.0. The van der Waals surface area contributed by atoms with Gasteiger partial charge in [-0.1, -0.05) is 18.2 Å². The van der Waals surface area contributed by atoms with E-state index in [1.165, 1.54) is 30.0 Å². The molecule has 1 saturated heterocycles. The maximum atomic E-state index is 15.6. The van der Waals surface area contributed by atoms with Crippen molar-refractivity contribution in [3.05, 3.63) is 59.4 Å². The van der Waals surface area contributed by atoms with Crippen molar-refractivity contribution in [3.63, 3.8) is 0 Å². The summed E-state index contributed by atoms with van der Waals surface area (Å²) in [6, 6.07) is 6.24. The zero-order valence-corrected chi connectivity index (χ0v) is 19.8. The van der Waals surface area contributed by atoms with Crippen LogP contribution in [0.3, 0.4) is 0 Å². The molecule has 4 rings (SSSR count). The zero-order valence-electron chi connectivity index (χ0n) is 19.0. The van der Waals surface area contributed by atoms with Gasteiger partial charge in [-0.25, -0.2) is 26.3 Å². The lowest BCUT2D eigenvalue weighted by Gasteiger charge is -2.30. The molecule has 1 aliphatic heterocycles. The lowest BCUT2D eigenvalue weighted by molar-refractivity contribution is -0.134. The summed E-state index contributed by atoms with van der Waals surface area (Å²) in [5, 5.41) is 9.23. The van der Waals surface area contributed by atoms with Gasteiger partial charge >= 0.3 is 5.76 Å². The molecule has 3 atom stereocenters. The molecule has 1 N–H and O–H groups in total. The van der Waals surface area contributed by atoms with E-state index in [2.05, 4.69) is 0 Å². The monoisotopic (exact) mass is 527 g/mol. The third-order valence-corrected chi connectivity index (χ3v) is 7.93. The normalized spacial score (nSPS) is 21.6. The van der Waals surface area contributed by atoms with Crippen LogP contribution in [0, 0.1) is 40.1 Å². The molecule has 2 fully saturated rings. The van der Waals surface area contributed by atoms with Gasteiger partial charge in [0, 0.05) is 29.6 Å². The summed E-state index contributed by atoms with van der Waals surface area (Å²) in [7, 11) is -5.05. The van der Waals surface area contributed by atoms with E-state index in [9.17, 15) is 36.0 Å². The van der Waals surface area contributed by atoms with Crippen molar-refractivity contribution in [2.24, 2.45) is 11.3 Å². The van der Waals surface area contributed by atoms with Crippen LogP contribution in [0.15, 0.2) is 36.4 Å². The molecule has 2 aromatic rings. The molecule has 2 aliphatic rings. The fraction of sp³-hybridized carbons (Fsp3) is 0.417. The minimum absolute atomic E-state index is 0.0106. The molecule has 1 spiro atoms. The Hall–Kier alpha value is -3.04. The number of benzene rings is 2. The Labute approximate surface area is 204 Å². The van der Waals surface area contributed by atoms with Crippen LogP contribution in [0.5, 0.6) is 0 Å². The smallest absolute Gasteiger partial charge is 0.336 e. The molecule has 1 heterocycles.